The zero-order valence-corrected chi connectivity index (χ0v) is 18.6. The van der Waals surface area contributed by atoms with Crippen molar-refractivity contribution in [1.82, 2.24) is 4.90 Å². The number of carbonyl (C=O) groups is 3. The molecule has 1 aliphatic heterocycles. The molecule has 0 atom stereocenters. The molecule has 2 aromatic rings. The van der Waals surface area contributed by atoms with Gasteiger partial charge in [0.2, 0.25) is 0 Å². The number of hydrogen-bond donors (Lipinski definition) is 0. The lowest BCUT2D eigenvalue weighted by atomic mass is 10.1. The van der Waals surface area contributed by atoms with Gasteiger partial charge in [0.05, 0.1) is 30.1 Å². The van der Waals surface area contributed by atoms with Crippen molar-refractivity contribution in [2.24, 2.45) is 0 Å². The lowest BCUT2D eigenvalue weighted by molar-refractivity contribution is -0.385. The topological polar surface area (TPSA) is 125 Å². The Morgan fingerprint density at radius 2 is 1.94 bits per heavy atom. The van der Waals surface area contributed by atoms with Crippen molar-refractivity contribution in [2.45, 2.75) is 13.5 Å². The van der Waals surface area contributed by atoms with Crippen LogP contribution in [-0.2, 0) is 20.9 Å². The second-order valence-corrected chi connectivity index (χ2v) is 7.65. The van der Waals surface area contributed by atoms with E-state index < -0.39 is 22.0 Å². The Hall–Kier alpha value is -3.86. The van der Waals surface area contributed by atoms with E-state index in [2.05, 4.69) is 0 Å². The van der Waals surface area contributed by atoms with E-state index in [1.807, 2.05) is 0 Å². The molecule has 172 valence electrons. The average Bonchev–Trinajstić information content (AvgIpc) is 3.05. The summed E-state index contributed by atoms with van der Waals surface area (Å²) in [6, 6.07) is 10.8. The molecule has 0 N–H and O–H groups in total. The summed E-state index contributed by atoms with van der Waals surface area (Å²) in [5.74, 6) is -0.430. The molecule has 33 heavy (non-hydrogen) atoms. The van der Waals surface area contributed by atoms with Crippen molar-refractivity contribution in [2.75, 3.05) is 20.3 Å². The number of imide groups is 1. The van der Waals surface area contributed by atoms with E-state index in [0.29, 0.717) is 17.1 Å². The van der Waals surface area contributed by atoms with Crippen molar-refractivity contribution in [3.05, 3.63) is 68.6 Å². The van der Waals surface area contributed by atoms with Crippen LogP contribution in [0.3, 0.4) is 0 Å². The lowest BCUT2D eigenvalue weighted by Gasteiger charge is -2.12. The highest BCUT2D eigenvalue weighted by atomic mass is 32.2. The molecule has 0 unspecified atom stereocenters. The number of esters is 1. The van der Waals surface area contributed by atoms with Gasteiger partial charge in [0, 0.05) is 11.6 Å². The standard InChI is InChI=1S/C22H20N2O8S/c1-3-31-20(25)13-32-17-9-8-14(10-18(17)30-2)11-19-21(26)23(22(27)33-19)12-15-6-4-5-7-16(15)24(28)29/h4-11H,3,12-13H2,1-2H3/b19-11-. The number of methoxy groups -OCH3 is 1. The fourth-order valence-corrected chi connectivity index (χ4v) is 3.85. The zero-order chi connectivity index (χ0) is 24.0. The van der Waals surface area contributed by atoms with Gasteiger partial charge < -0.3 is 14.2 Å². The molecule has 0 aromatic heterocycles. The highest BCUT2D eigenvalue weighted by molar-refractivity contribution is 8.18. The maximum atomic E-state index is 12.8. The van der Waals surface area contributed by atoms with Crippen molar-refractivity contribution < 1.29 is 33.5 Å². The van der Waals surface area contributed by atoms with Crippen molar-refractivity contribution in [3.63, 3.8) is 0 Å². The number of thioether (sulfide) groups is 1. The Labute approximate surface area is 193 Å². The summed E-state index contributed by atoms with van der Waals surface area (Å²) in [6.45, 7) is 1.44. The molecule has 1 saturated heterocycles. The first kappa shape index (κ1) is 23.8. The van der Waals surface area contributed by atoms with Crippen LogP contribution in [0.25, 0.3) is 6.08 Å². The first-order chi connectivity index (χ1) is 15.8. The monoisotopic (exact) mass is 472 g/mol. The van der Waals surface area contributed by atoms with Crippen LogP contribution in [-0.4, -0.2) is 47.3 Å². The number of para-hydroxylation sites is 1. The van der Waals surface area contributed by atoms with Crippen LogP contribution in [0.1, 0.15) is 18.1 Å². The first-order valence-electron chi connectivity index (χ1n) is 9.78. The van der Waals surface area contributed by atoms with Crippen LogP contribution in [0.4, 0.5) is 10.5 Å². The van der Waals surface area contributed by atoms with Crippen LogP contribution in [0.5, 0.6) is 11.5 Å². The Balaban J connectivity index is 1.77. The molecule has 1 fully saturated rings. The molecule has 0 aliphatic carbocycles. The summed E-state index contributed by atoms with van der Waals surface area (Å²) >= 11 is 0.743. The predicted molar refractivity (Wildman–Crippen MR) is 120 cm³/mol. The van der Waals surface area contributed by atoms with Gasteiger partial charge in [-0.05, 0) is 42.5 Å². The normalized spacial score (nSPS) is 14.5. The number of nitro groups is 1. The smallest absolute Gasteiger partial charge is 0.344 e. The number of hydrogen-bond acceptors (Lipinski definition) is 9. The predicted octanol–water partition coefficient (Wildman–Crippen LogP) is 3.78. The third-order valence-corrected chi connectivity index (χ3v) is 5.43. The minimum Gasteiger partial charge on any atom is -0.493 e. The third-order valence-electron chi connectivity index (χ3n) is 4.53. The molecule has 2 aromatic carbocycles. The molecular formula is C22H20N2O8S. The van der Waals surface area contributed by atoms with Gasteiger partial charge in [0.25, 0.3) is 16.8 Å². The molecule has 2 amide bonds. The minimum absolute atomic E-state index is 0.163. The second-order valence-electron chi connectivity index (χ2n) is 6.66. The van der Waals surface area contributed by atoms with Crippen molar-refractivity contribution >= 4 is 40.6 Å². The summed E-state index contributed by atoms with van der Waals surface area (Å²) in [5, 5.41) is 10.7. The van der Waals surface area contributed by atoms with Gasteiger partial charge in [0.1, 0.15) is 0 Å². The minimum atomic E-state index is -0.553. The molecule has 0 radical (unpaired) electrons. The highest BCUT2D eigenvalue weighted by Crippen LogP contribution is 2.36. The lowest BCUT2D eigenvalue weighted by Crippen LogP contribution is -2.27. The average molecular weight is 472 g/mol. The van der Waals surface area contributed by atoms with Crippen LogP contribution in [0, 0.1) is 10.1 Å². The van der Waals surface area contributed by atoms with E-state index in [-0.39, 0.29) is 35.9 Å². The molecular weight excluding hydrogens is 452 g/mol. The van der Waals surface area contributed by atoms with E-state index >= 15 is 0 Å². The van der Waals surface area contributed by atoms with Crippen LogP contribution < -0.4 is 9.47 Å². The SMILES string of the molecule is CCOC(=O)COc1ccc(/C=C2\SC(=O)N(Cc3ccccc3[N+](=O)[O-])C2=O)cc1OC. The Morgan fingerprint density at radius 3 is 2.64 bits per heavy atom. The number of nitrogens with zero attached hydrogens (tertiary/aromatic N) is 2. The van der Waals surface area contributed by atoms with Gasteiger partial charge in [-0.3, -0.25) is 24.6 Å². The summed E-state index contributed by atoms with van der Waals surface area (Å²) in [4.78, 5) is 48.5. The fourth-order valence-electron chi connectivity index (χ4n) is 3.01. The number of carbonyl (C=O) groups excluding carboxylic acids is 3. The van der Waals surface area contributed by atoms with Crippen molar-refractivity contribution in [3.8, 4) is 11.5 Å². The van der Waals surface area contributed by atoms with Crippen LogP contribution in [0.15, 0.2) is 47.4 Å². The highest BCUT2D eigenvalue weighted by Gasteiger charge is 2.36. The number of amides is 2. The Kier molecular flexibility index (Phi) is 7.67. The van der Waals surface area contributed by atoms with E-state index in [4.69, 9.17) is 14.2 Å². The van der Waals surface area contributed by atoms with Gasteiger partial charge in [-0.1, -0.05) is 24.3 Å². The van der Waals surface area contributed by atoms with Crippen LogP contribution in [0.2, 0.25) is 0 Å². The molecule has 1 heterocycles. The first-order valence-corrected chi connectivity index (χ1v) is 10.6. The maximum absolute atomic E-state index is 12.8. The second kappa shape index (κ2) is 10.6. The molecule has 1 aliphatic rings. The quantitative estimate of drug-likeness (QED) is 0.232. The van der Waals surface area contributed by atoms with Gasteiger partial charge in [-0.15, -0.1) is 0 Å². The van der Waals surface area contributed by atoms with Gasteiger partial charge in [-0.2, -0.15) is 0 Å². The van der Waals surface area contributed by atoms with E-state index in [1.165, 1.54) is 31.4 Å². The summed E-state index contributed by atoms with van der Waals surface area (Å²) in [7, 11) is 1.43. The molecule has 11 heteroatoms. The van der Waals surface area contributed by atoms with E-state index in [0.717, 1.165) is 16.7 Å². The zero-order valence-electron chi connectivity index (χ0n) is 17.8. The number of rotatable bonds is 9. The van der Waals surface area contributed by atoms with E-state index in [9.17, 15) is 24.5 Å². The third kappa shape index (κ3) is 5.69. The largest absolute Gasteiger partial charge is 0.493 e. The van der Waals surface area contributed by atoms with Gasteiger partial charge >= 0.3 is 5.97 Å². The summed E-state index contributed by atoms with van der Waals surface area (Å²) in [5.41, 5.74) is 0.658. The Bertz CT molecular complexity index is 1130. The molecule has 0 bridgehead atoms. The maximum Gasteiger partial charge on any atom is 0.344 e. The summed E-state index contributed by atoms with van der Waals surface area (Å²) in [6.07, 6.45) is 1.52. The van der Waals surface area contributed by atoms with E-state index in [1.54, 1.807) is 31.2 Å². The summed E-state index contributed by atoms with van der Waals surface area (Å²) < 4.78 is 15.5. The Morgan fingerprint density at radius 1 is 1.18 bits per heavy atom. The van der Waals surface area contributed by atoms with Gasteiger partial charge in [0.15, 0.2) is 18.1 Å². The molecule has 3 rings (SSSR count). The molecule has 10 nitrogen and oxygen atoms in total. The molecule has 0 saturated carbocycles. The molecule has 0 spiro atoms. The number of benzene rings is 2. The van der Waals surface area contributed by atoms with Crippen molar-refractivity contribution in [1.29, 1.82) is 0 Å². The van der Waals surface area contributed by atoms with Crippen LogP contribution >= 0.6 is 11.8 Å². The van der Waals surface area contributed by atoms with Gasteiger partial charge in [-0.25, -0.2) is 4.79 Å². The number of ether oxygens (including phenoxy) is 3. The fraction of sp³-hybridized carbons (Fsp3) is 0.227. The number of nitro benzene ring substituents is 1.